The van der Waals surface area contributed by atoms with Gasteiger partial charge in [0.25, 0.3) is 5.95 Å². The van der Waals surface area contributed by atoms with Crippen molar-refractivity contribution in [1.29, 1.82) is 10.8 Å². The van der Waals surface area contributed by atoms with E-state index in [1.54, 1.807) is 0 Å². The number of rotatable bonds is 6. The molecule has 6 nitrogen and oxygen atoms in total. The van der Waals surface area contributed by atoms with Crippen molar-refractivity contribution in [2.45, 2.75) is 18.9 Å². The average molecular weight is 324 g/mol. The molecule has 0 fully saturated rings. The summed E-state index contributed by atoms with van der Waals surface area (Å²) in [6.45, 7) is 0. The van der Waals surface area contributed by atoms with Gasteiger partial charge in [-0.25, -0.2) is 8.78 Å². The van der Waals surface area contributed by atoms with E-state index in [0.717, 1.165) is 24.1 Å². The summed E-state index contributed by atoms with van der Waals surface area (Å²) < 4.78 is 44.3. The fourth-order valence-corrected chi connectivity index (χ4v) is 1.77. The number of ether oxygens (including phenoxy) is 1. The van der Waals surface area contributed by atoms with Crippen LogP contribution in [0.25, 0.3) is 0 Å². The van der Waals surface area contributed by atoms with Crippen LogP contribution in [-0.4, -0.2) is 34.4 Å². The molecule has 0 saturated carbocycles. The lowest BCUT2D eigenvalue weighted by molar-refractivity contribution is 0.120. The summed E-state index contributed by atoms with van der Waals surface area (Å²) in [5.74, 6) is -1.50. The Morgan fingerprint density at radius 1 is 1.57 bits per heavy atom. The van der Waals surface area contributed by atoms with E-state index in [1.807, 2.05) is 0 Å². The average Bonchev–Trinajstić information content (AvgIpc) is 2.72. The number of alkyl halides is 2. The standard InChI is InChI=1S/C11H13ClF3N5O/c1-21-11(18)5(2-8(12)17)7(3-9(13)14)20-4-6(16)10(15)19-20/h2,4,7,9,17-18H,3,16H2,1H3/b5-2-,17-8?,18-11?. The second kappa shape index (κ2) is 7.11. The number of nitrogens with zero attached hydrogens (tertiary/aromatic N) is 2. The van der Waals surface area contributed by atoms with Crippen molar-refractivity contribution in [2.24, 2.45) is 0 Å². The number of nitrogen functional groups attached to an aromatic ring is 1. The number of nitrogens with two attached hydrogens (primary N) is 1. The lowest BCUT2D eigenvalue weighted by atomic mass is 10.0. The second-order valence-corrected chi connectivity index (χ2v) is 4.39. The molecule has 1 unspecified atom stereocenters. The predicted octanol–water partition coefficient (Wildman–Crippen LogP) is 2.57. The Labute approximate surface area is 123 Å². The first-order valence-electron chi connectivity index (χ1n) is 5.63. The topological polar surface area (TPSA) is 101 Å². The van der Waals surface area contributed by atoms with E-state index in [0.29, 0.717) is 0 Å². The summed E-state index contributed by atoms with van der Waals surface area (Å²) in [6.07, 6.45) is -1.55. The largest absolute Gasteiger partial charge is 0.481 e. The van der Waals surface area contributed by atoms with Gasteiger partial charge in [0.1, 0.15) is 10.9 Å². The minimum atomic E-state index is -2.76. The van der Waals surface area contributed by atoms with Gasteiger partial charge in [-0.1, -0.05) is 11.6 Å². The first-order valence-corrected chi connectivity index (χ1v) is 6.00. The minimum absolute atomic E-state index is 0.139. The van der Waals surface area contributed by atoms with E-state index in [4.69, 9.17) is 28.2 Å². The molecule has 10 heteroatoms. The van der Waals surface area contributed by atoms with E-state index in [1.165, 1.54) is 0 Å². The number of allylic oxidation sites excluding steroid dienone is 1. The zero-order valence-electron chi connectivity index (χ0n) is 10.9. The lowest BCUT2D eigenvalue weighted by Gasteiger charge is -2.20. The Kier molecular flexibility index (Phi) is 5.77. The summed E-state index contributed by atoms with van der Waals surface area (Å²) in [6, 6.07) is -1.25. The zero-order valence-corrected chi connectivity index (χ0v) is 11.7. The van der Waals surface area contributed by atoms with Gasteiger partial charge >= 0.3 is 0 Å². The molecule has 0 aliphatic carbocycles. The van der Waals surface area contributed by atoms with E-state index < -0.39 is 35.9 Å². The first-order chi connectivity index (χ1) is 9.76. The molecule has 1 aromatic heterocycles. The number of anilines is 1. The molecule has 0 saturated heterocycles. The van der Waals surface area contributed by atoms with Crippen molar-refractivity contribution in [3.63, 3.8) is 0 Å². The first kappa shape index (κ1) is 17.0. The molecule has 1 heterocycles. The fourth-order valence-electron chi connectivity index (χ4n) is 1.66. The highest BCUT2D eigenvalue weighted by Gasteiger charge is 2.27. The minimum Gasteiger partial charge on any atom is -0.481 e. The maximum atomic E-state index is 13.2. The maximum Gasteiger partial charge on any atom is 0.255 e. The molecular formula is C11H13ClF3N5O. The molecule has 0 amide bonds. The van der Waals surface area contributed by atoms with Crippen LogP contribution in [0.1, 0.15) is 12.5 Å². The molecule has 0 aliphatic rings. The molecule has 0 aromatic carbocycles. The number of aromatic nitrogens is 2. The third kappa shape index (κ3) is 4.48. The fraction of sp³-hybridized carbons (Fsp3) is 0.364. The van der Waals surface area contributed by atoms with Gasteiger partial charge in [-0.2, -0.15) is 4.39 Å². The van der Waals surface area contributed by atoms with Gasteiger partial charge < -0.3 is 10.5 Å². The van der Waals surface area contributed by atoms with Crippen LogP contribution in [0, 0.1) is 16.8 Å². The van der Waals surface area contributed by atoms with E-state index >= 15 is 0 Å². The number of nitrogens with one attached hydrogen (secondary N) is 2. The molecule has 0 bridgehead atoms. The summed E-state index contributed by atoms with van der Waals surface area (Å²) in [7, 11) is 1.16. The van der Waals surface area contributed by atoms with Crippen molar-refractivity contribution in [3.8, 4) is 0 Å². The number of hydrogen-bond acceptors (Lipinski definition) is 5. The Morgan fingerprint density at radius 3 is 2.57 bits per heavy atom. The van der Waals surface area contributed by atoms with Crippen molar-refractivity contribution < 1.29 is 17.9 Å². The van der Waals surface area contributed by atoms with Gasteiger partial charge in [0.05, 0.1) is 19.3 Å². The van der Waals surface area contributed by atoms with E-state index in [-0.39, 0.29) is 11.3 Å². The van der Waals surface area contributed by atoms with E-state index in [2.05, 4.69) is 9.84 Å². The monoisotopic (exact) mass is 323 g/mol. The molecule has 21 heavy (non-hydrogen) atoms. The highest BCUT2D eigenvalue weighted by atomic mass is 35.5. The lowest BCUT2D eigenvalue weighted by Crippen LogP contribution is -2.22. The third-order valence-electron chi connectivity index (χ3n) is 2.54. The Morgan fingerprint density at radius 2 is 2.19 bits per heavy atom. The molecule has 0 aliphatic heterocycles. The van der Waals surface area contributed by atoms with Crippen LogP contribution in [0.2, 0.25) is 0 Å². The normalized spacial score (nSPS) is 13.3. The SMILES string of the molecule is COC(=N)/C(=C\C(=N)Cl)C(CC(F)F)n1cc(N)c(F)n1. The van der Waals surface area contributed by atoms with Gasteiger partial charge in [0.2, 0.25) is 12.3 Å². The van der Waals surface area contributed by atoms with Crippen LogP contribution < -0.4 is 5.73 Å². The quantitative estimate of drug-likeness (QED) is 0.554. The van der Waals surface area contributed by atoms with Crippen LogP contribution in [0.15, 0.2) is 17.8 Å². The highest BCUT2D eigenvalue weighted by Crippen LogP contribution is 2.27. The smallest absolute Gasteiger partial charge is 0.255 e. The predicted molar refractivity (Wildman–Crippen MR) is 72.7 cm³/mol. The van der Waals surface area contributed by atoms with Gasteiger partial charge in [-0.15, -0.1) is 5.10 Å². The van der Waals surface area contributed by atoms with E-state index in [9.17, 15) is 13.2 Å². The Hall–Kier alpha value is -2.03. The zero-order chi connectivity index (χ0) is 16.2. The highest BCUT2D eigenvalue weighted by molar-refractivity contribution is 6.67. The molecule has 0 spiro atoms. The molecule has 1 rings (SSSR count). The Balaban J connectivity index is 3.32. The van der Waals surface area contributed by atoms with Gasteiger partial charge in [0, 0.05) is 12.0 Å². The molecule has 0 radical (unpaired) electrons. The van der Waals surface area contributed by atoms with Gasteiger partial charge in [0.15, 0.2) is 0 Å². The van der Waals surface area contributed by atoms with Crippen molar-refractivity contribution in [3.05, 3.63) is 23.8 Å². The van der Waals surface area contributed by atoms with Crippen molar-refractivity contribution in [2.75, 3.05) is 12.8 Å². The van der Waals surface area contributed by atoms with Crippen LogP contribution >= 0.6 is 11.6 Å². The summed E-state index contributed by atoms with van der Waals surface area (Å²) in [5, 5.41) is 17.7. The molecule has 116 valence electrons. The van der Waals surface area contributed by atoms with Crippen LogP contribution in [0.3, 0.4) is 0 Å². The molecular weight excluding hydrogens is 311 g/mol. The molecule has 4 N–H and O–H groups in total. The maximum absolute atomic E-state index is 13.2. The summed E-state index contributed by atoms with van der Waals surface area (Å²) in [5.41, 5.74) is 4.84. The Bertz CT molecular complexity index is 553. The second-order valence-electron chi connectivity index (χ2n) is 3.98. The number of hydrogen-bond donors (Lipinski definition) is 3. The summed E-state index contributed by atoms with van der Waals surface area (Å²) in [4.78, 5) is 0. The van der Waals surface area contributed by atoms with Gasteiger partial charge in [-0.05, 0) is 6.08 Å². The third-order valence-corrected chi connectivity index (χ3v) is 2.65. The van der Waals surface area contributed by atoms with Gasteiger partial charge in [-0.3, -0.25) is 15.5 Å². The van der Waals surface area contributed by atoms with Crippen molar-refractivity contribution >= 4 is 28.4 Å². The molecule has 1 aromatic rings. The summed E-state index contributed by atoms with van der Waals surface area (Å²) >= 11 is 5.42. The number of halogens is 4. The number of methoxy groups -OCH3 is 1. The van der Waals surface area contributed by atoms with Crippen LogP contribution in [0.5, 0.6) is 0 Å². The van der Waals surface area contributed by atoms with Crippen LogP contribution in [0.4, 0.5) is 18.9 Å². The molecule has 1 atom stereocenters. The van der Waals surface area contributed by atoms with Crippen molar-refractivity contribution in [1.82, 2.24) is 9.78 Å². The van der Waals surface area contributed by atoms with Crippen LogP contribution in [-0.2, 0) is 4.74 Å².